The van der Waals surface area contributed by atoms with E-state index >= 15 is 0 Å². The van der Waals surface area contributed by atoms with Gasteiger partial charge in [0.25, 0.3) is 0 Å². The predicted molar refractivity (Wildman–Crippen MR) is 116 cm³/mol. The fourth-order valence-corrected chi connectivity index (χ4v) is 4.36. The molecule has 0 fully saturated rings. The van der Waals surface area contributed by atoms with Crippen molar-refractivity contribution in [3.05, 3.63) is 96.3 Å². The Balaban J connectivity index is 1.84. The number of aromatic amines is 1. The van der Waals surface area contributed by atoms with Crippen LogP contribution in [0.2, 0.25) is 0 Å². The topological polar surface area (TPSA) is 25.1 Å². The molecular formula is C25H15N3. The minimum atomic E-state index is 0.648. The second-order valence-electron chi connectivity index (χ2n) is 7.04. The van der Waals surface area contributed by atoms with E-state index in [1.807, 2.05) is 18.2 Å². The zero-order chi connectivity index (χ0) is 18.7. The highest BCUT2D eigenvalue weighted by atomic mass is 15.0. The molecule has 3 heteroatoms. The minimum Gasteiger partial charge on any atom is -0.354 e. The average Bonchev–Trinajstić information content (AvgIpc) is 3.29. The van der Waals surface area contributed by atoms with Gasteiger partial charge in [-0.25, -0.2) is 4.85 Å². The van der Waals surface area contributed by atoms with E-state index in [0.717, 1.165) is 27.8 Å². The van der Waals surface area contributed by atoms with Crippen molar-refractivity contribution in [2.24, 2.45) is 0 Å². The van der Waals surface area contributed by atoms with Gasteiger partial charge in [-0.1, -0.05) is 54.6 Å². The Morgan fingerprint density at radius 2 is 1.54 bits per heavy atom. The van der Waals surface area contributed by atoms with Crippen molar-refractivity contribution < 1.29 is 0 Å². The zero-order valence-electron chi connectivity index (χ0n) is 15.0. The van der Waals surface area contributed by atoms with Gasteiger partial charge in [0.05, 0.1) is 23.1 Å². The lowest BCUT2D eigenvalue weighted by molar-refractivity contribution is 1.18. The van der Waals surface area contributed by atoms with Crippen LogP contribution in [0.4, 0.5) is 5.69 Å². The number of hydrogen-bond acceptors (Lipinski definition) is 0. The molecule has 0 unspecified atom stereocenters. The molecule has 0 spiro atoms. The summed E-state index contributed by atoms with van der Waals surface area (Å²) < 4.78 is 2.25. The number of benzene rings is 4. The second kappa shape index (κ2) is 5.48. The summed E-state index contributed by atoms with van der Waals surface area (Å²) in [6.07, 6.45) is 0. The smallest absolute Gasteiger partial charge is 0.189 e. The van der Waals surface area contributed by atoms with E-state index in [-0.39, 0.29) is 0 Å². The SMILES string of the molecule is [C-]#[N+]c1cccc(-n2c3ccccc3c3c4[nH]c5ccccc5c4ccc32)c1. The normalized spacial score (nSPS) is 11.5. The van der Waals surface area contributed by atoms with Crippen LogP contribution in [0.5, 0.6) is 0 Å². The molecule has 0 aliphatic heterocycles. The van der Waals surface area contributed by atoms with Crippen LogP contribution in [-0.2, 0) is 0 Å². The van der Waals surface area contributed by atoms with Gasteiger partial charge in [-0.15, -0.1) is 0 Å². The number of nitrogens with one attached hydrogen (secondary N) is 1. The molecule has 0 amide bonds. The molecule has 0 saturated carbocycles. The van der Waals surface area contributed by atoms with Crippen LogP contribution in [-0.4, -0.2) is 9.55 Å². The van der Waals surface area contributed by atoms with E-state index in [0.29, 0.717) is 5.69 Å². The third-order valence-corrected chi connectivity index (χ3v) is 5.53. The van der Waals surface area contributed by atoms with Gasteiger partial charge in [-0.3, -0.25) is 0 Å². The van der Waals surface area contributed by atoms with E-state index in [9.17, 15) is 0 Å². The van der Waals surface area contributed by atoms with Crippen LogP contribution in [0.1, 0.15) is 0 Å². The van der Waals surface area contributed by atoms with Crippen molar-refractivity contribution in [2.75, 3.05) is 0 Å². The van der Waals surface area contributed by atoms with Crippen LogP contribution in [0.3, 0.4) is 0 Å². The summed E-state index contributed by atoms with van der Waals surface area (Å²) in [5.41, 5.74) is 6.25. The van der Waals surface area contributed by atoms with Crippen LogP contribution >= 0.6 is 0 Å². The van der Waals surface area contributed by atoms with Crippen LogP contribution < -0.4 is 0 Å². The van der Waals surface area contributed by atoms with E-state index in [2.05, 4.69) is 81.1 Å². The maximum atomic E-state index is 7.37. The number of aromatic nitrogens is 2. The van der Waals surface area contributed by atoms with Gasteiger partial charge in [0, 0.05) is 32.7 Å². The number of hydrogen-bond donors (Lipinski definition) is 1. The van der Waals surface area contributed by atoms with Crippen LogP contribution in [0.25, 0.3) is 54.1 Å². The van der Waals surface area contributed by atoms with Gasteiger partial charge in [0.15, 0.2) is 5.69 Å². The van der Waals surface area contributed by atoms with Crippen molar-refractivity contribution in [3.8, 4) is 5.69 Å². The van der Waals surface area contributed by atoms with Crippen molar-refractivity contribution in [1.29, 1.82) is 0 Å². The third-order valence-electron chi connectivity index (χ3n) is 5.53. The number of para-hydroxylation sites is 2. The molecule has 28 heavy (non-hydrogen) atoms. The summed E-state index contributed by atoms with van der Waals surface area (Å²) in [5.74, 6) is 0. The Kier molecular flexibility index (Phi) is 2.95. The average molecular weight is 357 g/mol. The van der Waals surface area contributed by atoms with Crippen LogP contribution in [0.15, 0.2) is 84.9 Å². The Hall–Kier alpha value is -4.03. The molecule has 130 valence electrons. The molecule has 6 aromatic rings. The fourth-order valence-electron chi connectivity index (χ4n) is 4.36. The highest BCUT2D eigenvalue weighted by Crippen LogP contribution is 2.39. The molecule has 0 radical (unpaired) electrons. The summed E-state index contributed by atoms with van der Waals surface area (Å²) in [6.45, 7) is 7.37. The molecule has 0 bridgehead atoms. The molecule has 4 aromatic carbocycles. The lowest BCUT2D eigenvalue weighted by Crippen LogP contribution is -1.92. The number of fused-ring (bicyclic) bond motifs is 7. The van der Waals surface area contributed by atoms with E-state index in [4.69, 9.17) is 6.57 Å². The second-order valence-corrected chi connectivity index (χ2v) is 7.04. The van der Waals surface area contributed by atoms with Gasteiger partial charge in [-0.05, 0) is 30.3 Å². The molecular weight excluding hydrogens is 342 g/mol. The van der Waals surface area contributed by atoms with E-state index < -0.39 is 0 Å². The summed E-state index contributed by atoms with van der Waals surface area (Å²) in [5, 5.41) is 4.91. The summed E-state index contributed by atoms with van der Waals surface area (Å²) in [7, 11) is 0. The maximum Gasteiger partial charge on any atom is 0.189 e. The monoisotopic (exact) mass is 357 g/mol. The maximum absolute atomic E-state index is 7.37. The van der Waals surface area contributed by atoms with Gasteiger partial charge in [-0.2, -0.15) is 0 Å². The summed E-state index contributed by atoms with van der Waals surface area (Å²) >= 11 is 0. The minimum absolute atomic E-state index is 0.648. The Labute approximate surface area is 161 Å². The first-order valence-electron chi connectivity index (χ1n) is 9.25. The van der Waals surface area contributed by atoms with E-state index in [1.54, 1.807) is 0 Å². The molecule has 0 aliphatic rings. The zero-order valence-corrected chi connectivity index (χ0v) is 15.0. The lowest BCUT2D eigenvalue weighted by atomic mass is 10.1. The molecule has 3 nitrogen and oxygen atoms in total. The standard InChI is InChI=1S/C25H15N3/c1-26-16-7-6-8-17(15-16)28-22-12-5-3-10-20(22)24-23(28)14-13-19-18-9-2-4-11-21(18)27-25(19)24/h2-15,27H. The van der Waals surface area contributed by atoms with Crippen molar-refractivity contribution >= 4 is 49.3 Å². The Morgan fingerprint density at radius 1 is 0.714 bits per heavy atom. The van der Waals surface area contributed by atoms with Gasteiger partial charge in [0.1, 0.15) is 0 Å². The molecule has 2 aromatic heterocycles. The predicted octanol–water partition coefficient (Wildman–Crippen LogP) is 6.97. The first kappa shape index (κ1) is 15.1. The third kappa shape index (κ3) is 1.92. The molecule has 6 rings (SSSR count). The summed E-state index contributed by atoms with van der Waals surface area (Å²) in [6, 6.07) is 29.1. The van der Waals surface area contributed by atoms with Gasteiger partial charge >= 0.3 is 0 Å². The van der Waals surface area contributed by atoms with Crippen molar-refractivity contribution in [1.82, 2.24) is 9.55 Å². The van der Waals surface area contributed by atoms with Gasteiger partial charge in [0.2, 0.25) is 0 Å². The van der Waals surface area contributed by atoms with Crippen molar-refractivity contribution in [3.63, 3.8) is 0 Å². The number of rotatable bonds is 1. The fraction of sp³-hybridized carbons (Fsp3) is 0. The highest BCUT2D eigenvalue weighted by Gasteiger charge is 2.16. The first-order valence-corrected chi connectivity index (χ1v) is 9.25. The highest BCUT2D eigenvalue weighted by molar-refractivity contribution is 6.25. The molecule has 2 heterocycles. The first-order chi connectivity index (χ1) is 13.8. The van der Waals surface area contributed by atoms with E-state index in [1.165, 1.54) is 21.5 Å². The summed E-state index contributed by atoms with van der Waals surface area (Å²) in [4.78, 5) is 7.25. The van der Waals surface area contributed by atoms with Gasteiger partial charge < -0.3 is 9.55 Å². The molecule has 0 atom stereocenters. The largest absolute Gasteiger partial charge is 0.354 e. The van der Waals surface area contributed by atoms with Crippen molar-refractivity contribution in [2.45, 2.75) is 0 Å². The number of nitrogens with zero attached hydrogens (tertiary/aromatic N) is 2. The molecule has 1 N–H and O–H groups in total. The lowest BCUT2D eigenvalue weighted by Gasteiger charge is -2.08. The quantitative estimate of drug-likeness (QED) is 0.307. The molecule has 0 aliphatic carbocycles. The Bertz CT molecular complexity index is 1570. The van der Waals surface area contributed by atoms with Crippen LogP contribution in [0, 0.1) is 6.57 Å². The number of H-pyrrole nitrogens is 1. The Morgan fingerprint density at radius 3 is 2.43 bits per heavy atom. The molecule has 0 saturated heterocycles.